The van der Waals surface area contributed by atoms with Gasteiger partial charge in [-0.25, -0.2) is 0 Å². The SMILES string of the molecule is CCCCCCC1(C)CCc2cc(OC)c(C)c(C)c2O1. The van der Waals surface area contributed by atoms with Crippen LogP contribution >= 0.6 is 0 Å². The molecule has 2 nitrogen and oxygen atoms in total. The smallest absolute Gasteiger partial charge is 0.126 e. The Bertz CT molecular complexity index is 493. The number of aryl methyl sites for hydroxylation is 1. The van der Waals surface area contributed by atoms with Gasteiger partial charge in [0, 0.05) is 0 Å². The van der Waals surface area contributed by atoms with E-state index < -0.39 is 0 Å². The van der Waals surface area contributed by atoms with Crippen molar-refractivity contribution in [1.29, 1.82) is 0 Å². The summed E-state index contributed by atoms with van der Waals surface area (Å²) < 4.78 is 11.9. The van der Waals surface area contributed by atoms with Gasteiger partial charge in [0.2, 0.25) is 0 Å². The van der Waals surface area contributed by atoms with Crippen LogP contribution in [0.15, 0.2) is 6.07 Å². The molecule has 1 aliphatic rings. The molecule has 0 bridgehead atoms. The van der Waals surface area contributed by atoms with E-state index in [-0.39, 0.29) is 5.60 Å². The van der Waals surface area contributed by atoms with Gasteiger partial charge in [-0.2, -0.15) is 0 Å². The van der Waals surface area contributed by atoms with E-state index in [0.717, 1.165) is 30.8 Å². The molecule has 0 aromatic heterocycles. The summed E-state index contributed by atoms with van der Waals surface area (Å²) in [6.45, 7) is 8.81. The lowest BCUT2D eigenvalue weighted by atomic mass is 9.86. The van der Waals surface area contributed by atoms with E-state index in [2.05, 4.69) is 33.8 Å². The first-order chi connectivity index (χ1) is 10.0. The summed E-state index contributed by atoms with van der Waals surface area (Å²) in [4.78, 5) is 0. The number of hydrogen-bond donors (Lipinski definition) is 0. The van der Waals surface area contributed by atoms with E-state index in [1.807, 2.05) is 0 Å². The van der Waals surface area contributed by atoms with Crippen LogP contribution in [0.4, 0.5) is 0 Å². The highest BCUT2D eigenvalue weighted by atomic mass is 16.5. The average molecular weight is 290 g/mol. The number of rotatable bonds is 6. The number of methoxy groups -OCH3 is 1. The fourth-order valence-electron chi connectivity index (χ4n) is 3.27. The van der Waals surface area contributed by atoms with Crippen molar-refractivity contribution in [2.24, 2.45) is 0 Å². The van der Waals surface area contributed by atoms with Gasteiger partial charge in [0.1, 0.15) is 17.1 Å². The summed E-state index contributed by atoms with van der Waals surface area (Å²) in [5, 5.41) is 0. The minimum Gasteiger partial charge on any atom is -0.496 e. The lowest BCUT2D eigenvalue weighted by Crippen LogP contribution is -2.36. The minimum atomic E-state index is 0.00648. The molecule has 0 saturated carbocycles. The Hall–Kier alpha value is -1.18. The molecule has 0 N–H and O–H groups in total. The highest BCUT2D eigenvalue weighted by Crippen LogP contribution is 2.42. The van der Waals surface area contributed by atoms with Crippen LogP contribution in [-0.2, 0) is 6.42 Å². The molecule has 118 valence electrons. The zero-order chi connectivity index (χ0) is 15.5. The van der Waals surface area contributed by atoms with Crippen LogP contribution < -0.4 is 9.47 Å². The molecule has 0 amide bonds. The van der Waals surface area contributed by atoms with Crippen molar-refractivity contribution in [2.45, 2.75) is 78.2 Å². The minimum absolute atomic E-state index is 0.00648. The number of unbranched alkanes of at least 4 members (excludes halogenated alkanes) is 3. The quantitative estimate of drug-likeness (QED) is 0.656. The van der Waals surface area contributed by atoms with Gasteiger partial charge in [0.15, 0.2) is 0 Å². The van der Waals surface area contributed by atoms with E-state index in [1.165, 1.54) is 42.4 Å². The molecule has 1 atom stereocenters. The van der Waals surface area contributed by atoms with Crippen molar-refractivity contribution >= 4 is 0 Å². The van der Waals surface area contributed by atoms with Crippen LogP contribution in [0.25, 0.3) is 0 Å². The van der Waals surface area contributed by atoms with E-state index >= 15 is 0 Å². The molecular formula is C19H30O2. The summed E-state index contributed by atoms with van der Waals surface area (Å²) in [6.07, 6.45) is 8.59. The molecule has 1 unspecified atom stereocenters. The fourth-order valence-corrected chi connectivity index (χ4v) is 3.27. The van der Waals surface area contributed by atoms with E-state index in [1.54, 1.807) is 7.11 Å². The van der Waals surface area contributed by atoms with Crippen LogP contribution in [0.3, 0.4) is 0 Å². The molecule has 1 heterocycles. The average Bonchev–Trinajstić information content (AvgIpc) is 2.48. The third-order valence-corrected chi connectivity index (χ3v) is 4.92. The first-order valence-corrected chi connectivity index (χ1v) is 8.37. The van der Waals surface area contributed by atoms with Crippen molar-refractivity contribution < 1.29 is 9.47 Å². The molecular weight excluding hydrogens is 260 g/mol. The second kappa shape index (κ2) is 6.72. The highest BCUT2D eigenvalue weighted by molar-refractivity contribution is 5.53. The summed E-state index contributed by atoms with van der Waals surface area (Å²) >= 11 is 0. The number of ether oxygens (including phenoxy) is 2. The summed E-state index contributed by atoms with van der Waals surface area (Å²) in [7, 11) is 1.75. The number of fused-ring (bicyclic) bond motifs is 1. The predicted molar refractivity (Wildman–Crippen MR) is 88.6 cm³/mol. The van der Waals surface area contributed by atoms with Gasteiger partial charge >= 0.3 is 0 Å². The highest BCUT2D eigenvalue weighted by Gasteiger charge is 2.32. The zero-order valence-electron chi connectivity index (χ0n) is 14.3. The van der Waals surface area contributed by atoms with Crippen molar-refractivity contribution in [3.05, 3.63) is 22.8 Å². The lowest BCUT2D eigenvalue weighted by molar-refractivity contribution is 0.0524. The number of hydrogen-bond acceptors (Lipinski definition) is 2. The van der Waals surface area contributed by atoms with E-state index in [0.29, 0.717) is 0 Å². The molecule has 1 aliphatic heterocycles. The molecule has 0 radical (unpaired) electrons. The maximum atomic E-state index is 6.46. The Morgan fingerprint density at radius 2 is 1.95 bits per heavy atom. The summed E-state index contributed by atoms with van der Waals surface area (Å²) in [5.74, 6) is 2.10. The number of benzene rings is 1. The monoisotopic (exact) mass is 290 g/mol. The normalized spacial score (nSPS) is 20.8. The third-order valence-electron chi connectivity index (χ3n) is 4.92. The molecule has 0 aliphatic carbocycles. The maximum Gasteiger partial charge on any atom is 0.126 e. The van der Waals surface area contributed by atoms with Gasteiger partial charge in [-0.1, -0.05) is 26.2 Å². The second-order valence-corrected chi connectivity index (χ2v) is 6.68. The largest absolute Gasteiger partial charge is 0.496 e. The molecule has 0 fully saturated rings. The molecule has 0 saturated heterocycles. The first-order valence-electron chi connectivity index (χ1n) is 8.37. The summed E-state index contributed by atoms with van der Waals surface area (Å²) in [6, 6.07) is 2.16. The lowest BCUT2D eigenvalue weighted by Gasteiger charge is -2.37. The van der Waals surface area contributed by atoms with Crippen molar-refractivity contribution in [1.82, 2.24) is 0 Å². The molecule has 1 aromatic carbocycles. The Morgan fingerprint density at radius 3 is 2.62 bits per heavy atom. The van der Waals surface area contributed by atoms with Gasteiger partial charge < -0.3 is 9.47 Å². The molecule has 0 spiro atoms. The van der Waals surface area contributed by atoms with Crippen LogP contribution in [0.1, 0.15) is 69.1 Å². The zero-order valence-corrected chi connectivity index (χ0v) is 14.3. The van der Waals surface area contributed by atoms with Crippen molar-refractivity contribution in [3.63, 3.8) is 0 Å². The Labute approximate surface area is 129 Å². The van der Waals surface area contributed by atoms with Crippen molar-refractivity contribution in [2.75, 3.05) is 7.11 Å². The van der Waals surface area contributed by atoms with Gasteiger partial charge in [-0.3, -0.25) is 0 Å². The third kappa shape index (κ3) is 3.53. The Morgan fingerprint density at radius 1 is 1.19 bits per heavy atom. The Balaban J connectivity index is 2.14. The molecule has 2 rings (SSSR count). The van der Waals surface area contributed by atoms with Gasteiger partial charge in [-0.15, -0.1) is 0 Å². The second-order valence-electron chi connectivity index (χ2n) is 6.68. The molecule has 2 heteroatoms. The van der Waals surface area contributed by atoms with E-state index in [4.69, 9.17) is 9.47 Å². The Kier molecular flexibility index (Phi) is 5.18. The van der Waals surface area contributed by atoms with Gasteiger partial charge in [0.25, 0.3) is 0 Å². The molecule has 1 aromatic rings. The van der Waals surface area contributed by atoms with Crippen LogP contribution in [0.2, 0.25) is 0 Å². The standard InChI is InChI=1S/C19H30O2/c1-6-7-8-9-11-19(4)12-10-16-13-17(20-5)14(2)15(3)18(16)21-19/h13H,6-12H2,1-5H3. The van der Waals surface area contributed by atoms with Crippen LogP contribution in [0, 0.1) is 13.8 Å². The topological polar surface area (TPSA) is 18.5 Å². The van der Waals surface area contributed by atoms with Gasteiger partial charge in [-0.05, 0) is 69.2 Å². The maximum absolute atomic E-state index is 6.46. The molecule has 21 heavy (non-hydrogen) atoms. The van der Waals surface area contributed by atoms with Crippen LogP contribution in [-0.4, -0.2) is 12.7 Å². The fraction of sp³-hybridized carbons (Fsp3) is 0.684. The van der Waals surface area contributed by atoms with Gasteiger partial charge in [0.05, 0.1) is 7.11 Å². The van der Waals surface area contributed by atoms with Crippen LogP contribution in [0.5, 0.6) is 11.5 Å². The predicted octanol–water partition coefficient (Wildman–Crippen LogP) is 5.37. The summed E-state index contributed by atoms with van der Waals surface area (Å²) in [5.41, 5.74) is 3.75. The van der Waals surface area contributed by atoms with E-state index in [9.17, 15) is 0 Å². The first kappa shape index (κ1) is 16.2. The van der Waals surface area contributed by atoms with Crippen molar-refractivity contribution in [3.8, 4) is 11.5 Å².